The molecule has 0 bridgehead atoms. The van der Waals surface area contributed by atoms with Gasteiger partial charge in [0.15, 0.2) is 0 Å². The Morgan fingerprint density at radius 1 is 0.788 bits per heavy atom. The van der Waals surface area contributed by atoms with Crippen molar-refractivity contribution in [3.8, 4) is 28.3 Å². The Balaban J connectivity index is 0.000000208. The standard InChI is InChI=1S/C31H27N2S.C15H18NSi.Ir/c1-19(2)22-11-9-12-23(20(3)4)30(22)33-27-14-7-6-13-26(27)32-31(33)21-16-17-29-25(18-21)24-10-5-8-15-28(24)34-29;1-12-5-7-13(8-6-12)15-10-9-14(11-16-15)17(2,3)4;/h5-15,17-20H,1-4H3;5-7,9-11H,1-4H3;/q2*-1;/i;1D3,5D,6D;. The van der Waals surface area contributed by atoms with Crippen molar-refractivity contribution >= 4 is 55.8 Å². The molecule has 0 N–H and O–H groups in total. The topological polar surface area (TPSA) is 30.7 Å². The molecular formula is C46H45IrN3SSi-2. The third-order valence-electron chi connectivity index (χ3n) is 9.27. The Morgan fingerprint density at radius 2 is 1.52 bits per heavy atom. The molecule has 0 amide bonds. The fourth-order valence-electron chi connectivity index (χ4n) is 6.48. The summed E-state index contributed by atoms with van der Waals surface area (Å²) in [6, 6.07) is 39.4. The fourth-order valence-corrected chi connectivity index (χ4v) is 8.59. The fraction of sp³-hybridized carbons (Fsp3) is 0.217. The maximum atomic E-state index is 7.88. The molecular weight excluding hydrogens is 847 g/mol. The van der Waals surface area contributed by atoms with Gasteiger partial charge in [0, 0.05) is 43.5 Å². The maximum Gasteiger partial charge on any atom is 0.0795 e. The van der Waals surface area contributed by atoms with E-state index >= 15 is 0 Å². The van der Waals surface area contributed by atoms with Crippen LogP contribution in [0.4, 0.5) is 0 Å². The largest absolute Gasteiger partial charge is 0.333 e. The zero-order chi connectivity index (χ0) is 40.1. The monoisotopic (exact) mass is 897 g/mol. The van der Waals surface area contributed by atoms with Crippen molar-refractivity contribution in [2.75, 3.05) is 0 Å². The summed E-state index contributed by atoms with van der Waals surface area (Å²) in [7, 11) is -1.43. The number of aromatic nitrogens is 3. The second-order valence-electron chi connectivity index (χ2n) is 14.6. The van der Waals surface area contributed by atoms with Crippen molar-refractivity contribution in [2.45, 2.75) is 66.0 Å². The van der Waals surface area contributed by atoms with Crippen LogP contribution in [0.1, 0.15) is 63.1 Å². The molecule has 3 aromatic heterocycles. The Kier molecular flexibility index (Phi) is 9.29. The molecule has 265 valence electrons. The van der Waals surface area contributed by atoms with Gasteiger partial charge in [-0.1, -0.05) is 120 Å². The summed E-state index contributed by atoms with van der Waals surface area (Å²) in [5, 5.41) is 3.78. The van der Waals surface area contributed by atoms with Gasteiger partial charge in [0.25, 0.3) is 0 Å². The third-order valence-corrected chi connectivity index (χ3v) is 12.4. The second kappa shape index (κ2) is 15.4. The minimum atomic E-state index is -2.47. The number of hydrogen-bond acceptors (Lipinski definition) is 3. The molecule has 0 saturated heterocycles. The van der Waals surface area contributed by atoms with E-state index in [0.29, 0.717) is 23.1 Å². The van der Waals surface area contributed by atoms with Gasteiger partial charge in [-0.25, -0.2) is 0 Å². The van der Waals surface area contributed by atoms with Gasteiger partial charge in [0.2, 0.25) is 0 Å². The molecule has 5 aromatic carbocycles. The Bertz CT molecular complexity index is 2660. The number of hydrogen-bond donors (Lipinski definition) is 0. The van der Waals surface area contributed by atoms with Crippen molar-refractivity contribution < 1.29 is 27.0 Å². The Hall–Kier alpha value is -4.19. The molecule has 0 saturated carbocycles. The molecule has 0 aliphatic heterocycles. The van der Waals surface area contributed by atoms with Crippen LogP contribution in [0, 0.1) is 19.0 Å². The molecule has 3 heterocycles. The van der Waals surface area contributed by atoms with Gasteiger partial charge in [-0.05, 0) is 62.1 Å². The molecule has 0 spiro atoms. The SMILES string of the molecule is CC(C)c1cccc(C(C)C)c1-n1c(-c2[c-]cc3sc4ccccc4c3c2)nc2ccccc21.[2H]c1[c-]c(-c2ccc([Si](C)(C)C)cn2)cc([2H])c1C([2H])([2H])[2H].[Ir]. The third kappa shape index (κ3) is 7.49. The number of para-hydroxylation sites is 3. The zero-order valence-electron chi connectivity index (χ0n) is 35.6. The number of imidazole rings is 1. The average molecular weight is 897 g/mol. The summed E-state index contributed by atoms with van der Waals surface area (Å²) in [5.41, 5.74) is 7.93. The molecule has 0 aliphatic rings. The number of thiophene rings is 1. The van der Waals surface area contributed by atoms with E-state index in [-0.39, 0.29) is 37.8 Å². The predicted molar refractivity (Wildman–Crippen MR) is 223 cm³/mol. The van der Waals surface area contributed by atoms with Crippen molar-refractivity contribution in [3.63, 3.8) is 0 Å². The molecule has 8 aromatic rings. The molecule has 52 heavy (non-hydrogen) atoms. The first kappa shape index (κ1) is 31.3. The van der Waals surface area contributed by atoms with Gasteiger partial charge < -0.3 is 9.55 Å². The number of pyridine rings is 1. The van der Waals surface area contributed by atoms with Crippen LogP contribution in [-0.2, 0) is 20.1 Å². The van der Waals surface area contributed by atoms with Gasteiger partial charge in [0.1, 0.15) is 0 Å². The first-order valence-corrected chi connectivity index (χ1v) is 21.8. The van der Waals surface area contributed by atoms with E-state index in [1.54, 1.807) is 0 Å². The van der Waals surface area contributed by atoms with E-state index in [1.165, 1.54) is 48.2 Å². The number of fused-ring (bicyclic) bond motifs is 4. The quantitative estimate of drug-likeness (QED) is 0.123. The molecule has 3 nitrogen and oxygen atoms in total. The van der Waals surface area contributed by atoms with E-state index in [1.807, 2.05) is 29.7 Å². The van der Waals surface area contributed by atoms with Crippen LogP contribution in [0.2, 0.25) is 19.6 Å². The molecule has 0 aliphatic carbocycles. The molecule has 0 atom stereocenters. The summed E-state index contributed by atoms with van der Waals surface area (Å²) < 4.78 is 42.8. The Labute approximate surface area is 334 Å². The molecule has 8 rings (SSSR count). The summed E-state index contributed by atoms with van der Waals surface area (Å²) in [6.45, 7) is 13.3. The van der Waals surface area contributed by atoms with Crippen LogP contribution in [0.25, 0.3) is 59.5 Å². The molecule has 0 unspecified atom stereocenters. The normalized spacial score (nSPS) is 13.3. The number of benzene rings is 5. The smallest absolute Gasteiger partial charge is 0.0795 e. The summed E-state index contributed by atoms with van der Waals surface area (Å²) >= 11 is 1.83. The predicted octanol–water partition coefficient (Wildman–Crippen LogP) is 12.5. The van der Waals surface area contributed by atoms with E-state index in [0.717, 1.165) is 22.4 Å². The minimum Gasteiger partial charge on any atom is -0.333 e. The summed E-state index contributed by atoms with van der Waals surface area (Å²) in [5.74, 6) is 1.75. The molecule has 6 heteroatoms. The number of nitrogens with zero attached hydrogens (tertiary/aromatic N) is 3. The van der Waals surface area contributed by atoms with Gasteiger partial charge in [-0.2, -0.15) is 11.3 Å². The minimum absolute atomic E-state index is 0. The van der Waals surface area contributed by atoms with Crippen LogP contribution in [-0.4, -0.2) is 22.6 Å². The van der Waals surface area contributed by atoms with Crippen molar-refractivity contribution in [1.29, 1.82) is 0 Å². The Morgan fingerprint density at radius 3 is 2.19 bits per heavy atom. The van der Waals surface area contributed by atoms with Crippen LogP contribution >= 0.6 is 11.3 Å². The van der Waals surface area contributed by atoms with Crippen molar-refractivity contribution in [1.82, 2.24) is 14.5 Å². The van der Waals surface area contributed by atoms with Crippen molar-refractivity contribution in [2.24, 2.45) is 0 Å². The van der Waals surface area contributed by atoms with Gasteiger partial charge in [-0.3, -0.25) is 4.98 Å². The van der Waals surface area contributed by atoms with Gasteiger partial charge in [-0.15, -0.1) is 59.1 Å². The van der Waals surface area contributed by atoms with Crippen molar-refractivity contribution in [3.05, 3.63) is 144 Å². The van der Waals surface area contributed by atoms with Crippen LogP contribution in [0.5, 0.6) is 0 Å². The van der Waals surface area contributed by atoms with E-state index < -0.39 is 14.9 Å². The van der Waals surface area contributed by atoms with Crippen LogP contribution in [0.3, 0.4) is 0 Å². The first-order valence-electron chi connectivity index (χ1n) is 20.0. The van der Waals surface area contributed by atoms with Gasteiger partial charge in [0.05, 0.1) is 24.9 Å². The van der Waals surface area contributed by atoms with E-state index in [4.69, 9.17) is 11.8 Å². The number of rotatable bonds is 6. The first-order chi connectivity index (χ1) is 26.5. The van der Waals surface area contributed by atoms with E-state index in [9.17, 15) is 0 Å². The molecule has 1 radical (unpaired) electrons. The molecule has 0 fully saturated rings. The maximum absolute atomic E-state index is 7.88. The van der Waals surface area contributed by atoms with Crippen LogP contribution in [0.15, 0.2) is 115 Å². The summed E-state index contributed by atoms with van der Waals surface area (Å²) in [4.78, 5) is 9.55. The van der Waals surface area contributed by atoms with Gasteiger partial charge >= 0.3 is 0 Å². The van der Waals surface area contributed by atoms with E-state index in [2.05, 4.69) is 148 Å². The summed E-state index contributed by atoms with van der Waals surface area (Å²) in [6.07, 6.45) is 1.82. The zero-order valence-corrected chi connectivity index (χ0v) is 34.8. The second-order valence-corrected chi connectivity index (χ2v) is 20.7. The average Bonchev–Trinajstić information content (AvgIpc) is 3.72. The van der Waals surface area contributed by atoms with Crippen LogP contribution < -0.4 is 5.19 Å².